The second-order valence-electron chi connectivity index (χ2n) is 6.65. The van der Waals surface area contributed by atoms with Crippen molar-refractivity contribution in [1.82, 2.24) is 15.1 Å². The molecule has 2 fully saturated rings. The molecule has 1 aromatic rings. The van der Waals surface area contributed by atoms with E-state index in [9.17, 15) is 14.4 Å². The SMILES string of the molecule is O=C(CC[C@H]1NC(=O)N(Cc2ccc3c(c2)OCO3)C1=O)N1CCOCC1. The first-order valence-electron chi connectivity index (χ1n) is 8.98. The monoisotopic (exact) mass is 375 g/mol. The third-order valence-corrected chi connectivity index (χ3v) is 4.90. The number of amides is 4. The van der Waals surface area contributed by atoms with Crippen molar-refractivity contribution in [3.63, 3.8) is 0 Å². The van der Waals surface area contributed by atoms with Crippen LogP contribution in [0.1, 0.15) is 18.4 Å². The van der Waals surface area contributed by atoms with E-state index in [0.717, 1.165) is 5.56 Å². The minimum Gasteiger partial charge on any atom is -0.454 e. The third-order valence-electron chi connectivity index (χ3n) is 4.90. The lowest BCUT2D eigenvalue weighted by Crippen LogP contribution is -2.41. The molecule has 0 bridgehead atoms. The maximum absolute atomic E-state index is 12.6. The second kappa shape index (κ2) is 7.43. The molecular weight excluding hydrogens is 354 g/mol. The summed E-state index contributed by atoms with van der Waals surface area (Å²) >= 11 is 0. The predicted molar refractivity (Wildman–Crippen MR) is 92.1 cm³/mol. The maximum atomic E-state index is 12.6. The molecule has 0 aliphatic carbocycles. The van der Waals surface area contributed by atoms with Crippen molar-refractivity contribution >= 4 is 17.8 Å². The number of nitrogens with zero attached hydrogens (tertiary/aromatic N) is 2. The van der Waals surface area contributed by atoms with Crippen LogP contribution in [-0.4, -0.2) is 66.8 Å². The summed E-state index contributed by atoms with van der Waals surface area (Å²) in [6.45, 7) is 2.53. The quantitative estimate of drug-likeness (QED) is 0.752. The highest BCUT2D eigenvalue weighted by Gasteiger charge is 2.38. The van der Waals surface area contributed by atoms with Crippen LogP contribution in [0.5, 0.6) is 11.5 Å². The van der Waals surface area contributed by atoms with Gasteiger partial charge in [0.05, 0.1) is 19.8 Å². The topological polar surface area (TPSA) is 97.4 Å². The van der Waals surface area contributed by atoms with Crippen molar-refractivity contribution in [3.05, 3.63) is 23.8 Å². The van der Waals surface area contributed by atoms with Gasteiger partial charge in [-0.2, -0.15) is 0 Å². The van der Waals surface area contributed by atoms with Crippen molar-refractivity contribution in [2.24, 2.45) is 0 Å². The summed E-state index contributed by atoms with van der Waals surface area (Å²) in [6, 6.07) is 4.20. The molecule has 3 heterocycles. The van der Waals surface area contributed by atoms with Gasteiger partial charge in [-0.3, -0.25) is 14.5 Å². The Morgan fingerprint density at radius 1 is 1.15 bits per heavy atom. The van der Waals surface area contributed by atoms with E-state index in [1.165, 1.54) is 4.90 Å². The Kier molecular flexibility index (Phi) is 4.85. The lowest BCUT2D eigenvalue weighted by molar-refractivity contribution is -0.135. The van der Waals surface area contributed by atoms with Gasteiger partial charge in [0.2, 0.25) is 12.7 Å². The average molecular weight is 375 g/mol. The summed E-state index contributed by atoms with van der Waals surface area (Å²) in [6.07, 6.45) is 0.507. The third kappa shape index (κ3) is 3.68. The number of benzene rings is 1. The first-order valence-corrected chi connectivity index (χ1v) is 8.98. The molecular formula is C18H21N3O6. The lowest BCUT2D eigenvalue weighted by atomic mass is 10.1. The van der Waals surface area contributed by atoms with Crippen molar-refractivity contribution in [1.29, 1.82) is 0 Å². The van der Waals surface area contributed by atoms with Gasteiger partial charge in [0.1, 0.15) is 6.04 Å². The van der Waals surface area contributed by atoms with Crippen LogP contribution >= 0.6 is 0 Å². The van der Waals surface area contributed by atoms with Crippen LogP contribution in [0.4, 0.5) is 4.79 Å². The molecule has 0 radical (unpaired) electrons. The highest BCUT2D eigenvalue weighted by Crippen LogP contribution is 2.33. The molecule has 4 amide bonds. The number of hydrogen-bond acceptors (Lipinski definition) is 6. The van der Waals surface area contributed by atoms with E-state index in [4.69, 9.17) is 14.2 Å². The molecule has 4 rings (SSSR count). The fourth-order valence-electron chi connectivity index (χ4n) is 3.38. The normalized spacial score (nSPS) is 21.6. The number of fused-ring (bicyclic) bond motifs is 1. The molecule has 0 spiro atoms. The Balaban J connectivity index is 1.33. The molecule has 27 heavy (non-hydrogen) atoms. The van der Waals surface area contributed by atoms with Crippen molar-refractivity contribution in [3.8, 4) is 11.5 Å². The number of rotatable bonds is 5. The maximum Gasteiger partial charge on any atom is 0.325 e. The van der Waals surface area contributed by atoms with E-state index in [0.29, 0.717) is 44.2 Å². The summed E-state index contributed by atoms with van der Waals surface area (Å²) in [7, 11) is 0. The number of ether oxygens (including phenoxy) is 3. The first-order chi connectivity index (χ1) is 13.1. The number of morpholine rings is 1. The van der Waals surface area contributed by atoms with Gasteiger partial charge in [-0.25, -0.2) is 4.79 Å². The number of nitrogens with one attached hydrogen (secondary N) is 1. The molecule has 0 unspecified atom stereocenters. The highest BCUT2D eigenvalue weighted by atomic mass is 16.7. The second-order valence-corrected chi connectivity index (χ2v) is 6.65. The van der Waals surface area contributed by atoms with Crippen LogP contribution in [0.2, 0.25) is 0 Å². The standard InChI is InChI=1S/C18H21N3O6/c22-16(20-5-7-25-8-6-20)4-2-13-17(23)21(18(24)19-13)10-12-1-3-14-15(9-12)27-11-26-14/h1,3,9,13H,2,4-8,10-11H2,(H,19,24)/t13-/m1/s1. The van der Waals surface area contributed by atoms with Gasteiger partial charge in [0.25, 0.3) is 5.91 Å². The highest BCUT2D eigenvalue weighted by molar-refractivity contribution is 6.04. The predicted octanol–water partition coefficient (Wildman–Crippen LogP) is 0.475. The number of carbonyl (C=O) groups excluding carboxylic acids is 3. The lowest BCUT2D eigenvalue weighted by Gasteiger charge is -2.27. The molecule has 1 atom stereocenters. The van der Waals surface area contributed by atoms with E-state index in [1.807, 2.05) is 0 Å². The fourth-order valence-corrected chi connectivity index (χ4v) is 3.38. The zero-order valence-electron chi connectivity index (χ0n) is 14.8. The number of urea groups is 1. The van der Waals surface area contributed by atoms with E-state index in [2.05, 4.69) is 5.32 Å². The summed E-state index contributed by atoms with van der Waals surface area (Å²) in [4.78, 5) is 39.9. The van der Waals surface area contributed by atoms with E-state index in [1.54, 1.807) is 23.1 Å². The molecule has 3 aliphatic rings. The Hall–Kier alpha value is -2.81. The molecule has 2 saturated heterocycles. The number of imide groups is 1. The van der Waals surface area contributed by atoms with Gasteiger partial charge in [-0.1, -0.05) is 6.07 Å². The molecule has 1 aromatic carbocycles. The van der Waals surface area contributed by atoms with Crippen LogP contribution in [0.15, 0.2) is 18.2 Å². The fraction of sp³-hybridized carbons (Fsp3) is 0.500. The first kappa shape index (κ1) is 17.6. The number of hydrogen-bond donors (Lipinski definition) is 1. The number of carbonyl (C=O) groups is 3. The van der Waals surface area contributed by atoms with Crippen molar-refractivity contribution in [2.75, 3.05) is 33.1 Å². The molecule has 0 saturated carbocycles. The largest absolute Gasteiger partial charge is 0.454 e. The van der Waals surface area contributed by atoms with Crippen molar-refractivity contribution < 1.29 is 28.6 Å². The zero-order chi connectivity index (χ0) is 18.8. The Morgan fingerprint density at radius 2 is 1.93 bits per heavy atom. The molecule has 0 aromatic heterocycles. The Bertz CT molecular complexity index is 761. The molecule has 3 aliphatic heterocycles. The van der Waals surface area contributed by atoms with Crippen LogP contribution in [-0.2, 0) is 20.9 Å². The van der Waals surface area contributed by atoms with Gasteiger partial charge in [-0.15, -0.1) is 0 Å². The van der Waals surface area contributed by atoms with Gasteiger partial charge in [0, 0.05) is 19.5 Å². The molecule has 9 heteroatoms. The average Bonchev–Trinajstić information content (AvgIpc) is 3.26. The summed E-state index contributed by atoms with van der Waals surface area (Å²) in [5.41, 5.74) is 0.771. The van der Waals surface area contributed by atoms with E-state index in [-0.39, 0.29) is 31.6 Å². The molecule has 144 valence electrons. The van der Waals surface area contributed by atoms with Gasteiger partial charge < -0.3 is 24.4 Å². The van der Waals surface area contributed by atoms with Gasteiger partial charge in [0.15, 0.2) is 11.5 Å². The Morgan fingerprint density at radius 3 is 2.74 bits per heavy atom. The summed E-state index contributed by atoms with van der Waals surface area (Å²) in [5.74, 6) is 0.921. The van der Waals surface area contributed by atoms with Crippen molar-refractivity contribution in [2.45, 2.75) is 25.4 Å². The summed E-state index contributed by atoms with van der Waals surface area (Å²) < 4.78 is 15.8. The smallest absolute Gasteiger partial charge is 0.325 e. The minimum absolute atomic E-state index is 0.0189. The van der Waals surface area contributed by atoms with E-state index >= 15 is 0 Å². The molecule has 9 nitrogen and oxygen atoms in total. The minimum atomic E-state index is -0.670. The van der Waals surface area contributed by atoms with Gasteiger partial charge >= 0.3 is 6.03 Å². The Labute approximate surface area is 156 Å². The van der Waals surface area contributed by atoms with Crippen LogP contribution < -0.4 is 14.8 Å². The van der Waals surface area contributed by atoms with E-state index < -0.39 is 12.1 Å². The molecule has 1 N–H and O–H groups in total. The van der Waals surface area contributed by atoms with Crippen LogP contribution in [0, 0.1) is 0 Å². The zero-order valence-corrected chi connectivity index (χ0v) is 14.8. The van der Waals surface area contributed by atoms with Gasteiger partial charge in [-0.05, 0) is 24.1 Å². The van der Waals surface area contributed by atoms with Crippen LogP contribution in [0.3, 0.4) is 0 Å². The van der Waals surface area contributed by atoms with Crippen LogP contribution in [0.25, 0.3) is 0 Å². The summed E-state index contributed by atoms with van der Waals surface area (Å²) in [5, 5.41) is 2.67.